The number of methoxy groups -OCH3 is 1. The summed E-state index contributed by atoms with van der Waals surface area (Å²) in [7, 11) is -1.74. The van der Waals surface area contributed by atoms with Crippen LogP contribution in [0, 0.1) is 0 Å². The Balaban J connectivity index is 1.47. The number of fused-ring (bicyclic) bond motifs is 1. The SMILES string of the molecule is COc1cc(C(C)NC(=O)c2ccc3c(c2)CC(C)N3S(C)(=O)=O)ccc1OC1CCCC1. The lowest BCUT2D eigenvalue weighted by Crippen LogP contribution is -2.34. The molecule has 2 aliphatic rings. The summed E-state index contributed by atoms with van der Waals surface area (Å²) in [5.74, 6) is 1.18. The van der Waals surface area contributed by atoms with E-state index in [1.54, 1.807) is 25.3 Å². The lowest BCUT2D eigenvalue weighted by Gasteiger charge is -2.22. The van der Waals surface area contributed by atoms with Crippen LogP contribution >= 0.6 is 0 Å². The van der Waals surface area contributed by atoms with Crippen LogP contribution in [0.25, 0.3) is 0 Å². The third-order valence-electron chi connectivity index (χ3n) is 6.48. The van der Waals surface area contributed by atoms with Gasteiger partial charge in [0.15, 0.2) is 11.5 Å². The van der Waals surface area contributed by atoms with Crippen molar-refractivity contribution < 1.29 is 22.7 Å². The van der Waals surface area contributed by atoms with Gasteiger partial charge in [-0.1, -0.05) is 6.07 Å². The van der Waals surface area contributed by atoms with Gasteiger partial charge >= 0.3 is 0 Å². The zero-order chi connectivity index (χ0) is 23.8. The summed E-state index contributed by atoms with van der Waals surface area (Å²) in [5.41, 5.74) is 2.94. The predicted molar refractivity (Wildman–Crippen MR) is 129 cm³/mol. The van der Waals surface area contributed by atoms with Gasteiger partial charge in [0.05, 0.1) is 31.2 Å². The molecule has 1 fully saturated rings. The number of carbonyl (C=O) groups excluding carboxylic acids is 1. The van der Waals surface area contributed by atoms with Crippen LogP contribution in [-0.2, 0) is 16.4 Å². The summed E-state index contributed by atoms with van der Waals surface area (Å²) in [4.78, 5) is 12.9. The summed E-state index contributed by atoms with van der Waals surface area (Å²) in [6.07, 6.45) is 6.56. The molecule has 0 saturated heterocycles. The van der Waals surface area contributed by atoms with Crippen LogP contribution in [0.15, 0.2) is 36.4 Å². The van der Waals surface area contributed by atoms with Crippen molar-refractivity contribution in [3.63, 3.8) is 0 Å². The lowest BCUT2D eigenvalue weighted by molar-refractivity contribution is 0.0939. The van der Waals surface area contributed by atoms with E-state index in [1.807, 2.05) is 32.0 Å². The molecule has 33 heavy (non-hydrogen) atoms. The van der Waals surface area contributed by atoms with E-state index in [-0.39, 0.29) is 24.1 Å². The van der Waals surface area contributed by atoms with Crippen LogP contribution in [-0.4, -0.2) is 39.8 Å². The van der Waals surface area contributed by atoms with Gasteiger partial charge in [0.1, 0.15) is 0 Å². The maximum atomic E-state index is 12.9. The van der Waals surface area contributed by atoms with Crippen LogP contribution in [0.4, 0.5) is 5.69 Å². The Morgan fingerprint density at radius 3 is 2.52 bits per heavy atom. The molecule has 1 amide bonds. The maximum Gasteiger partial charge on any atom is 0.251 e. The molecule has 1 heterocycles. The fourth-order valence-electron chi connectivity index (χ4n) is 4.85. The fourth-order valence-corrected chi connectivity index (χ4v) is 6.11. The molecule has 2 unspecified atom stereocenters. The zero-order valence-corrected chi connectivity index (χ0v) is 20.4. The molecule has 8 heteroatoms. The minimum atomic E-state index is -3.36. The Labute approximate surface area is 196 Å². The molecule has 1 aliphatic heterocycles. The van der Waals surface area contributed by atoms with Crippen molar-refractivity contribution in [1.82, 2.24) is 5.32 Å². The summed E-state index contributed by atoms with van der Waals surface area (Å²) >= 11 is 0. The van der Waals surface area contributed by atoms with Crippen LogP contribution in [0.5, 0.6) is 11.5 Å². The average Bonchev–Trinajstić information content (AvgIpc) is 3.39. The molecule has 0 spiro atoms. The Hall–Kier alpha value is -2.74. The third kappa shape index (κ3) is 4.95. The zero-order valence-electron chi connectivity index (χ0n) is 19.6. The van der Waals surface area contributed by atoms with E-state index in [0.717, 1.165) is 29.7 Å². The Kier molecular flexibility index (Phi) is 6.56. The summed E-state index contributed by atoms with van der Waals surface area (Å²) in [6, 6.07) is 10.5. The van der Waals surface area contributed by atoms with Gasteiger partial charge in [-0.05, 0) is 87.4 Å². The average molecular weight is 473 g/mol. The Morgan fingerprint density at radius 2 is 1.85 bits per heavy atom. The first-order valence-corrected chi connectivity index (χ1v) is 13.3. The molecule has 2 aromatic rings. The van der Waals surface area contributed by atoms with E-state index in [1.165, 1.54) is 23.4 Å². The van der Waals surface area contributed by atoms with Gasteiger partial charge in [0.2, 0.25) is 10.0 Å². The molecule has 0 bridgehead atoms. The molecule has 7 nitrogen and oxygen atoms in total. The minimum absolute atomic E-state index is 0.162. The van der Waals surface area contributed by atoms with E-state index < -0.39 is 10.0 Å². The van der Waals surface area contributed by atoms with Gasteiger partial charge in [-0.2, -0.15) is 0 Å². The van der Waals surface area contributed by atoms with E-state index in [0.29, 0.717) is 23.4 Å². The molecule has 1 saturated carbocycles. The summed E-state index contributed by atoms with van der Waals surface area (Å²) in [5, 5.41) is 3.03. The number of carbonyl (C=O) groups is 1. The first-order chi connectivity index (χ1) is 15.7. The number of nitrogens with one attached hydrogen (secondary N) is 1. The van der Waals surface area contributed by atoms with Gasteiger partial charge in [0.25, 0.3) is 5.91 Å². The second kappa shape index (κ2) is 9.25. The third-order valence-corrected chi connectivity index (χ3v) is 7.75. The second-order valence-corrected chi connectivity index (χ2v) is 10.9. The van der Waals surface area contributed by atoms with Crippen LogP contribution in [0.2, 0.25) is 0 Å². The highest BCUT2D eigenvalue weighted by molar-refractivity contribution is 7.92. The second-order valence-electron chi connectivity index (χ2n) is 9.09. The molecule has 0 aromatic heterocycles. The van der Waals surface area contributed by atoms with Crippen molar-refractivity contribution >= 4 is 21.6 Å². The number of nitrogens with zero attached hydrogens (tertiary/aromatic N) is 1. The van der Waals surface area contributed by atoms with Gasteiger partial charge in [-0.3, -0.25) is 9.10 Å². The van der Waals surface area contributed by atoms with Gasteiger partial charge < -0.3 is 14.8 Å². The lowest BCUT2D eigenvalue weighted by atomic mass is 10.0. The number of hydrogen-bond donors (Lipinski definition) is 1. The molecule has 1 N–H and O–H groups in total. The normalized spacial score (nSPS) is 19.3. The number of hydrogen-bond acceptors (Lipinski definition) is 5. The smallest absolute Gasteiger partial charge is 0.251 e. The maximum absolute atomic E-state index is 12.9. The first kappa shape index (κ1) is 23.4. The van der Waals surface area contributed by atoms with Crippen molar-refractivity contribution in [3.8, 4) is 11.5 Å². The number of anilines is 1. The highest BCUT2D eigenvalue weighted by Crippen LogP contribution is 2.36. The Bertz CT molecular complexity index is 1140. The van der Waals surface area contributed by atoms with Crippen LogP contribution in [0.3, 0.4) is 0 Å². The molecule has 4 rings (SSSR count). The van der Waals surface area contributed by atoms with E-state index >= 15 is 0 Å². The molecular formula is C25H32N2O5S. The topological polar surface area (TPSA) is 84.9 Å². The van der Waals surface area contributed by atoms with Gasteiger partial charge in [-0.25, -0.2) is 8.42 Å². The van der Waals surface area contributed by atoms with Crippen LogP contribution < -0.4 is 19.1 Å². The highest BCUT2D eigenvalue weighted by Gasteiger charge is 2.33. The van der Waals surface area contributed by atoms with Crippen molar-refractivity contribution in [2.75, 3.05) is 17.7 Å². The van der Waals surface area contributed by atoms with Crippen molar-refractivity contribution in [2.45, 2.75) is 64.1 Å². The Morgan fingerprint density at radius 1 is 1.12 bits per heavy atom. The minimum Gasteiger partial charge on any atom is -0.493 e. The molecule has 1 aliphatic carbocycles. The van der Waals surface area contributed by atoms with Crippen molar-refractivity contribution in [1.29, 1.82) is 0 Å². The monoisotopic (exact) mass is 472 g/mol. The van der Waals surface area contributed by atoms with Gasteiger partial charge in [0, 0.05) is 11.6 Å². The van der Waals surface area contributed by atoms with E-state index in [9.17, 15) is 13.2 Å². The number of ether oxygens (including phenoxy) is 2. The molecule has 2 aromatic carbocycles. The standard InChI is InChI=1S/C25H32N2O5S/c1-16-13-20-14-19(9-11-22(20)27(16)33(4,29)30)25(28)26-17(2)18-10-12-23(24(15-18)31-3)32-21-7-5-6-8-21/h9-12,14-17,21H,5-8,13H2,1-4H3,(H,26,28). The summed E-state index contributed by atoms with van der Waals surface area (Å²) in [6.45, 7) is 3.79. The first-order valence-electron chi connectivity index (χ1n) is 11.4. The number of benzene rings is 2. The predicted octanol–water partition coefficient (Wildman–Crippen LogP) is 4.22. The van der Waals surface area contributed by atoms with Crippen molar-refractivity contribution in [2.24, 2.45) is 0 Å². The van der Waals surface area contributed by atoms with Gasteiger partial charge in [-0.15, -0.1) is 0 Å². The van der Waals surface area contributed by atoms with Crippen LogP contribution in [0.1, 0.15) is 67.1 Å². The largest absolute Gasteiger partial charge is 0.493 e. The fraction of sp³-hybridized carbons (Fsp3) is 0.480. The molecular weight excluding hydrogens is 440 g/mol. The highest BCUT2D eigenvalue weighted by atomic mass is 32.2. The van der Waals surface area contributed by atoms with E-state index in [2.05, 4.69) is 5.32 Å². The summed E-state index contributed by atoms with van der Waals surface area (Å²) < 4.78 is 37.3. The number of rotatable bonds is 7. The van der Waals surface area contributed by atoms with Crippen molar-refractivity contribution in [3.05, 3.63) is 53.1 Å². The number of amides is 1. The molecule has 0 radical (unpaired) electrons. The molecule has 2 atom stereocenters. The van der Waals surface area contributed by atoms with E-state index in [4.69, 9.17) is 9.47 Å². The quantitative estimate of drug-likeness (QED) is 0.652. The molecule has 178 valence electrons. The number of sulfonamides is 1.